The van der Waals surface area contributed by atoms with Gasteiger partial charge in [-0.05, 0) is 47.9 Å². The second-order valence-corrected chi connectivity index (χ2v) is 5.93. The topological polar surface area (TPSA) is 26.2 Å². The molecule has 19 heavy (non-hydrogen) atoms. The van der Waals surface area contributed by atoms with E-state index in [1.807, 2.05) is 6.07 Å². The number of hydrogen-bond acceptors (Lipinski definition) is 2. The molecule has 1 fully saturated rings. The number of nitrogens with zero attached hydrogens (tertiary/aromatic N) is 1. The van der Waals surface area contributed by atoms with Gasteiger partial charge in [0.2, 0.25) is 0 Å². The Morgan fingerprint density at radius 2 is 2.05 bits per heavy atom. The third-order valence-corrected chi connectivity index (χ3v) is 4.94. The van der Waals surface area contributed by atoms with E-state index in [1.165, 1.54) is 33.9 Å². The van der Waals surface area contributed by atoms with E-state index in [-0.39, 0.29) is 0 Å². The number of nitrogens with one attached hydrogen (secondary N) is 1. The molecule has 1 aromatic heterocycles. The molecule has 0 spiro atoms. The molecule has 0 saturated carbocycles. The molecule has 0 bridgehead atoms. The number of aromatic nitrogens is 1. The summed E-state index contributed by atoms with van der Waals surface area (Å²) in [5.74, 6) is 1.57. The fourth-order valence-corrected chi connectivity index (χ4v) is 4.07. The number of ether oxygens (including phenoxy) is 1. The van der Waals surface area contributed by atoms with Gasteiger partial charge in [-0.25, -0.2) is 0 Å². The number of benzene rings is 1. The van der Waals surface area contributed by atoms with Gasteiger partial charge in [0, 0.05) is 28.5 Å². The molecule has 1 aromatic carbocycles. The molecule has 3 nitrogen and oxygen atoms in total. The molecule has 1 N–H and O–H groups in total. The maximum Gasteiger partial charge on any atom is 0.143 e. The lowest BCUT2D eigenvalue weighted by molar-refractivity contribution is 0.416. The Bertz CT molecular complexity index is 600. The quantitative estimate of drug-likeness (QED) is 0.916. The number of methoxy groups -OCH3 is 1. The fourth-order valence-electron chi connectivity index (χ4n) is 3.16. The van der Waals surface area contributed by atoms with Gasteiger partial charge in [-0.1, -0.05) is 12.1 Å². The van der Waals surface area contributed by atoms with Crippen LogP contribution in [-0.4, -0.2) is 24.8 Å². The Labute approximate surface area is 122 Å². The Hall–Kier alpha value is -1.00. The van der Waals surface area contributed by atoms with Crippen LogP contribution in [0.5, 0.6) is 5.75 Å². The van der Waals surface area contributed by atoms with Gasteiger partial charge in [-0.2, -0.15) is 0 Å². The summed E-state index contributed by atoms with van der Waals surface area (Å²) >= 11 is 3.80. The van der Waals surface area contributed by atoms with Gasteiger partial charge < -0.3 is 14.6 Å². The third kappa shape index (κ3) is 2.07. The highest BCUT2D eigenvalue weighted by atomic mass is 79.9. The fraction of sp³-hybridized carbons (Fsp3) is 0.467. The maximum atomic E-state index is 5.51. The molecule has 4 heteroatoms. The third-order valence-electron chi connectivity index (χ3n) is 4.10. The van der Waals surface area contributed by atoms with Gasteiger partial charge in [0.05, 0.1) is 12.6 Å². The van der Waals surface area contributed by atoms with E-state index in [2.05, 4.69) is 45.0 Å². The zero-order chi connectivity index (χ0) is 13.4. The van der Waals surface area contributed by atoms with Crippen molar-refractivity contribution in [3.8, 4) is 5.75 Å². The maximum absolute atomic E-state index is 5.51. The van der Waals surface area contributed by atoms with E-state index >= 15 is 0 Å². The molecule has 1 saturated heterocycles. The predicted octanol–water partition coefficient (Wildman–Crippen LogP) is 3.42. The minimum atomic E-state index is 0.623. The highest BCUT2D eigenvalue weighted by molar-refractivity contribution is 9.10. The molecule has 1 aliphatic heterocycles. The molecule has 0 amide bonds. The summed E-state index contributed by atoms with van der Waals surface area (Å²) in [4.78, 5) is 0. The summed E-state index contributed by atoms with van der Waals surface area (Å²) < 4.78 is 9.04. The van der Waals surface area contributed by atoms with Crippen LogP contribution in [0, 0.1) is 0 Å². The molecule has 0 atom stereocenters. The normalized spacial score (nSPS) is 17.0. The standard InChI is InChI=1S/C15H19BrN2O/c1-18-14(10-6-8-17-9-7-10)13(16)11-4-3-5-12(19-2)15(11)18/h3-5,10,17H,6-9H2,1-2H3. The van der Waals surface area contributed by atoms with Crippen molar-refractivity contribution in [3.05, 3.63) is 28.4 Å². The molecule has 0 radical (unpaired) electrons. The van der Waals surface area contributed by atoms with Crippen molar-refractivity contribution >= 4 is 26.8 Å². The van der Waals surface area contributed by atoms with Crippen molar-refractivity contribution < 1.29 is 4.74 Å². The smallest absolute Gasteiger partial charge is 0.143 e. The molecular formula is C15H19BrN2O. The molecule has 2 aromatic rings. The Morgan fingerprint density at radius 3 is 2.74 bits per heavy atom. The van der Waals surface area contributed by atoms with E-state index in [0.29, 0.717) is 5.92 Å². The highest BCUT2D eigenvalue weighted by Gasteiger charge is 2.24. The van der Waals surface area contributed by atoms with Gasteiger partial charge in [-0.3, -0.25) is 0 Å². The molecule has 1 aliphatic rings. The van der Waals surface area contributed by atoms with Crippen LogP contribution in [-0.2, 0) is 7.05 Å². The van der Waals surface area contributed by atoms with Crippen molar-refractivity contribution in [1.29, 1.82) is 0 Å². The minimum Gasteiger partial charge on any atom is -0.495 e. The van der Waals surface area contributed by atoms with E-state index in [9.17, 15) is 0 Å². The average Bonchev–Trinajstić information content (AvgIpc) is 2.72. The van der Waals surface area contributed by atoms with Crippen LogP contribution in [0.4, 0.5) is 0 Å². The van der Waals surface area contributed by atoms with Crippen molar-refractivity contribution in [3.63, 3.8) is 0 Å². The van der Waals surface area contributed by atoms with Gasteiger partial charge in [0.1, 0.15) is 5.75 Å². The summed E-state index contributed by atoms with van der Waals surface area (Å²) in [7, 11) is 3.88. The van der Waals surface area contributed by atoms with Gasteiger partial charge >= 0.3 is 0 Å². The Morgan fingerprint density at radius 1 is 1.32 bits per heavy atom. The molecule has 3 rings (SSSR count). The van der Waals surface area contributed by atoms with Crippen LogP contribution in [0.3, 0.4) is 0 Å². The largest absolute Gasteiger partial charge is 0.495 e. The molecule has 2 heterocycles. The number of halogens is 1. The Kier molecular flexibility index (Phi) is 3.54. The average molecular weight is 323 g/mol. The van der Waals surface area contributed by atoms with Crippen molar-refractivity contribution in [2.75, 3.05) is 20.2 Å². The summed E-state index contributed by atoms with van der Waals surface area (Å²) in [6.45, 7) is 2.21. The first-order chi connectivity index (χ1) is 9.24. The highest BCUT2D eigenvalue weighted by Crippen LogP contribution is 2.40. The number of hydrogen-bond donors (Lipinski definition) is 1. The van der Waals surface area contributed by atoms with E-state index in [1.54, 1.807) is 7.11 Å². The van der Waals surface area contributed by atoms with Crippen LogP contribution in [0.2, 0.25) is 0 Å². The number of rotatable bonds is 2. The van der Waals surface area contributed by atoms with Crippen molar-refractivity contribution in [2.45, 2.75) is 18.8 Å². The summed E-state index contributed by atoms with van der Waals surface area (Å²) in [6.07, 6.45) is 2.40. The second-order valence-electron chi connectivity index (χ2n) is 5.14. The van der Waals surface area contributed by atoms with Crippen molar-refractivity contribution in [1.82, 2.24) is 9.88 Å². The lowest BCUT2D eigenvalue weighted by atomic mass is 9.94. The summed E-state index contributed by atoms with van der Waals surface area (Å²) in [6, 6.07) is 6.24. The second kappa shape index (κ2) is 5.17. The van der Waals surface area contributed by atoms with E-state index < -0.39 is 0 Å². The summed E-state index contributed by atoms with van der Waals surface area (Å²) in [5, 5.41) is 4.68. The van der Waals surface area contributed by atoms with E-state index in [4.69, 9.17) is 4.74 Å². The van der Waals surface area contributed by atoms with Gasteiger partial charge in [0.15, 0.2) is 0 Å². The molecule has 102 valence electrons. The molecule has 0 unspecified atom stereocenters. The first-order valence-corrected chi connectivity index (χ1v) is 7.55. The predicted molar refractivity (Wildman–Crippen MR) is 82.0 cm³/mol. The first kappa shape index (κ1) is 13.0. The number of para-hydroxylation sites is 1. The first-order valence-electron chi connectivity index (χ1n) is 6.75. The lowest BCUT2D eigenvalue weighted by Gasteiger charge is -2.24. The molecular weight excluding hydrogens is 304 g/mol. The van der Waals surface area contributed by atoms with Crippen LogP contribution in [0.1, 0.15) is 24.5 Å². The monoisotopic (exact) mass is 322 g/mol. The number of piperidine rings is 1. The van der Waals surface area contributed by atoms with Gasteiger partial charge in [0.25, 0.3) is 0 Å². The number of aryl methyl sites for hydroxylation is 1. The van der Waals surface area contributed by atoms with Crippen LogP contribution in [0.15, 0.2) is 22.7 Å². The van der Waals surface area contributed by atoms with Crippen LogP contribution in [0.25, 0.3) is 10.9 Å². The lowest BCUT2D eigenvalue weighted by Crippen LogP contribution is -2.27. The molecule has 0 aliphatic carbocycles. The van der Waals surface area contributed by atoms with Gasteiger partial charge in [-0.15, -0.1) is 0 Å². The minimum absolute atomic E-state index is 0.623. The zero-order valence-electron chi connectivity index (χ0n) is 11.4. The van der Waals surface area contributed by atoms with Crippen LogP contribution >= 0.6 is 15.9 Å². The zero-order valence-corrected chi connectivity index (χ0v) is 13.0. The SMILES string of the molecule is COc1cccc2c(Br)c(C3CCNCC3)n(C)c12. The van der Waals surface area contributed by atoms with Crippen molar-refractivity contribution in [2.24, 2.45) is 7.05 Å². The van der Waals surface area contributed by atoms with E-state index in [0.717, 1.165) is 18.8 Å². The van der Waals surface area contributed by atoms with Crippen LogP contribution < -0.4 is 10.1 Å². The number of fused-ring (bicyclic) bond motifs is 1. The summed E-state index contributed by atoms with van der Waals surface area (Å²) in [5.41, 5.74) is 2.59. The Balaban J connectivity index is 2.19.